The van der Waals surface area contributed by atoms with Crippen LogP contribution in [0.3, 0.4) is 0 Å². The number of hydrogen-bond donors (Lipinski definition) is 2. The van der Waals surface area contributed by atoms with Crippen LogP contribution in [0.25, 0.3) is 10.7 Å². The van der Waals surface area contributed by atoms with Gasteiger partial charge < -0.3 is 10.2 Å². The first-order valence-corrected chi connectivity index (χ1v) is 11.0. The Hall–Kier alpha value is -1.65. The summed E-state index contributed by atoms with van der Waals surface area (Å²) >= 11 is 8.48. The molecule has 2 unspecified atom stereocenters. The summed E-state index contributed by atoms with van der Waals surface area (Å²) in [5, 5.41) is 12.0. The van der Waals surface area contributed by atoms with Crippen molar-refractivity contribution in [3.63, 3.8) is 0 Å². The summed E-state index contributed by atoms with van der Waals surface area (Å²) in [4.78, 5) is 28.4. The van der Waals surface area contributed by atoms with Gasteiger partial charge >= 0.3 is 0 Å². The van der Waals surface area contributed by atoms with Crippen LogP contribution in [-0.4, -0.2) is 54.7 Å². The number of nitrogens with one attached hydrogen (secondary N) is 2. The van der Waals surface area contributed by atoms with Gasteiger partial charge in [-0.2, -0.15) is 5.10 Å². The molecule has 0 spiro atoms. The fourth-order valence-electron chi connectivity index (χ4n) is 2.92. The van der Waals surface area contributed by atoms with E-state index in [0.29, 0.717) is 22.2 Å². The van der Waals surface area contributed by atoms with E-state index in [1.54, 1.807) is 28.2 Å². The second kappa shape index (κ2) is 7.76. The number of thioether (sulfide) groups is 1. The van der Waals surface area contributed by atoms with Gasteiger partial charge in [0.05, 0.1) is 10.8 Å². The fourth-order valence-corrected chi connectivity index (χ4v) is 5.09. The van der Waals surface area contributed by atoms with Crippen LogP contribution < -0.4 is 5.32 Å². The zero-order valence-electron chi connectivity index (χ0n) is 15.7. The van der Waals surface area contributed by atoms with Gasteiger partial charge in [-0.15, -0.1) is 23.1 Å². The normalized spacial score (nSPS) is 18.5. The first-order valence-electron chi connectivity index (χ1n) is 8.60. The van der Waals surface area contributed by atoms with Crippen molar-refractivity contribution in [3.05, 3.63) is 22.3 Å². The zero-order valence-corrected chi connectivity index (χ0v) is 18.1. The first kappa shape index (κ1) is 20.1. The van der Waals surface area contributed by atoms with Crippen molar-refractivity contribution in [2.24, 2.45) is 0 Å². The molecule has 1 aliphatic rings. The Bertz CT molecular complexity index is 881. The summed E-state index contributed by atoms with van der Waals surface area (Å²) in [7, 11) is 0. The first-order chi connectivity index (χ1) is 12.7. The third-order valence-electron chi connectivity index (χ3n) is 4.16. The number of carbonyl (C=O) groups is 2. The molecule has 146 valence electrons. The highest BCUT2D eigenvalue weighted by Crippen LogP contribution is 2.29. The summed E-state index contributed by atoms with van der Waals surface area (Å²) < 4.78 is 2.12. The van der Waals surface area contributed by atoms with Gasteiger partial charge in [-0.3, -0.25) is 19.3 Å². The molecular weight excluding hydrogens is 402 g/mol. The van der Waals surface area contributed by atoms with E-state index in [2.05, 4.69) is 15.5 Å². The summed E-state index contributed by atoms with van der Waals surface area (Å²) in [5.74, 6) is 1.46. The lowest BCUT2D eigenvalue weighted by Gasteiger charge is -2.29. The summed E-state index contributed by atoms with van der Waals surface area (Å²) in [6.45, 7) is 7.59. The minimum absolute atomic E-state index is 0.123. The molecule has 2 aromatic heterocycles. The maximum atomic E-state index is 13.2. The average molecular weight is 426 g/mol. The van der Waals surface area contributed by atoms with Crippen LogP contribution in [0.15, 0.2) is 17.5 Å². The van der Waals surface area contributed by atoms with E-state index >= 15 is 0 Å². The highest BCUT2D eigenvalue weighted by atomic mass is 32.2. The van der Waals surface area contributed by atoms with Crippen LogP contribution in [0.1, 0.15) is 33.7 Å². The molecule has 2 atom stereocenters. The number of aromatic nitrogens is 3. The number of aromatic amines is 1. The van der Waals surface area contributed by atoms with Crippen molar-refractivity contribution in [2.75, 3.05) is 11.6 Å². The predicted molar refractivity (Wildman–Crippen MR) is 111 cm³/mol. The minimum Gasteiger partial charge on any atom is -0.350 e. The van der Waals surface area contributed by atoms with Crippen molar-refractivity contribution >= 4 is 47.1 Å². The Morgan fingerprint density at radius 3 is 2.81 bits per heavy atom. The fraction of sp³-hybridized carbons (Fsp3) is 0.529. The summed E-state index contributed by atoms with van der Waals surface area (Å²) in [6.07, 6.45) is 0. The molecular formula is C17H23N5O2S3. The number of amides is 2. The second-order valence-corrected chi connectivity index (χ2v) is 9.77. The molecule has 2 N–H and O–H groups in total. The van der Waals surface area contributed by atoms with E-state index in [9.17, 15) is 9.59 Å². The van der Waals surface area contributed by atoms with E-state index in [1.807, 2.05) is 38.3 Å². The molecule has 7 nitrogen and oxygen atoms in total. The molecule has 1 fully saturated rings. The average Bonchev–Trinajstić information content (AvgIpc) is 3.31. The van der Waals surface area contributed by atoms with Crippen LogP contribution in [0.4, 0.5) is 0 Å². The van der Waals surface area contributed by atoms with E-state index in [1.165, 1.54) is 11.3 Å². The van der Waals surface area contributed by atoms with Crippen molar-refractivity contribution in [1.82, 2.24) is 25.0 Å². The number of rotatable bonds is 4. The highest BCUT2D eigenvalue weighted by molar-refractivity contribution is 7.99. The number of hydrogen-bond acceptors (Lipinski definition) is 6. The lowest BCUT2D eigenvalue weighted by atomic mass is 10.1. The molecule has 10 heteroatoms. The zero-order chi connectivity index (χ0) is 19.8. The molecule has 2 amide bonds. The number of thiophene rings is 1. The monoisotopic (exact) mass is 425 g/mol. The lowest BCUT2D eigenvalue weighted by molar-refractivity contribution is -0.140. The lowest BCUT2D eigenvalue weighted by Crippen LogP contribution is -2.53. The molecule has 1 aliphatic heterocycles. The molecule has 0 radical (unpaired) electrons. The maximum Gasteiger partial charge on any atom is 0.246 e. The smallest absolute Gasteiger partial charge is 0.246 e. The molecule has 3 rings (SSSR count). The number of carbonyl (C=O) groups excluding carboxylic acids is 2. The van der Waals surface area contributed by atoms with Gasteiger partial charge in [0.15, 0.2) is 10.6 Å². The quantitative estimate of drug-likeness (QED) is 0.736. The van der Waals surface area contributed by atoms with Gasteiger partial charge in [0.1, 0.15) is 12.1 Å². The van der Waals surface area contributed by atoms with Gasteiger partial charge in [0, 0.05) is 11.3 Å². The summed E-state index contributed by atoms with van der Waals surface area (Å²) in [6, 6.07) is 2.83. The van der Waals surface area contributed by atoms with Crippen LogP contribution in [0.5, 0.6) is 0 Å². The molecule has 1 saturated heterocycles. The highest BCUT2D eigenvalue weighted by Gasteiger charge is 2.38. The maximum absolute atomic E-state index is 13.2. The molecule has 0 aromatic carbocycles. The SMILES string of the molecule is CC(C(=O)N1CSCC1C(=O)NC(C)(C)C)n1c(-c2cccs2)n[nH]c1=S. The topological polar surface area (TPSA) is 83.0 Å². The molecule has 0 bridgehead atoms. The van der Waals surface area contributed by atoms with Crippen molar-refractivity contribution in [3.8, 4) is 10.7 Å². The molecule has 3 heterocycles. The van der Waals surface area contributed by atoms with Crippen LogP contribution >= 0.6 is 35.3 Å². The Kier molecular flexibility index (Phi) is 5.78. The standard InChI is InChI=1S/C17H23N5O2S3/c1-10(22-13(19-20-16(22)25)12-6-5-7-27-12)15(24)21-9-26-8-11(21)14(23)18-17(2,3)4/h5-7,10-11H,8-9H2,1-4H3,(H,18,23)(H,20,25). The van der Waals surface area contributed by atoms with Crippen molar-refractivity contribution < 1.29 is 9.59 Å². The van der Waals surface area contributed by atoms with Crippen LogP contribution in [0.2, 0.25) is 0 Å². The third kappa shape index (κ3) is 4.27. The van der Waals surface area contributed by atoms with Gasteiger partial charge in [-0.25, -0.2) is 0 Å². The number of nitrogens with zero attached hydrogens (tertiary/aromatic N) is 3. The van der Waals surface area contributed by atoms with Gasteiger partial charge in [-0.05, 0) is 51.4 Å². The Labute approximate surface area is 171 Å². The van der Waals surface area contributed by atoms with Crippen LogP contribution in [0, 0.1) is 4.77 Å². The Balaban J connectivity index is 1.85. The van der Waals surface area contributed by atoms with Crippen molar-refractivity contribution in [2.45, 2.75) is 45.3 Å². The van der Waals surface area contributed by atoms with Gasteiger partial charge in [0.25, 0.3) is 0 Å². The van der Waals surface area contributed by atoms with Gasteiger partial charge in [-0.1, -0.05) is 6.07 Å². The largest absolute Gasteiger partial charge is 0.350 e. The van der Waals surface area contributed by atoms with E-state index < -0.39 is 12.1 Å². The van der Waals surface area contributed by atoms with Crippen molar-refractivity contribution in [1.29, 1.82) is 0 Å². The predicted octanol–water partition coefficient (Wildman–Crippen LogP) is 3.05. The number of H-pyrrole nitrogens is 1. The molecule has 2 aromatic rings. The molecule has 0 saturated carbocycles. The van der Waals surface area contributed by atoms with E-state index in [4.69, 9.17) is 12.2 Å². The Morgan fingerprint density at radius 1 is 1.44 bits per heavy atom. The Morgan fingerprint density at radius 2 is 2.19 bits per heavy atom. The minimum atomic E-state index is -0.558. The summed E-state index contributed by atoms with van der Waals surface area (Å²) in [5.41, 5.74) is -0.343. The van der Waals surface area contributed by atoms with E-state index in [-0.39, 0.29) is 17.4 Å². The molecule has 0 aliphatic carbocycles. The third-order valence-corrected chi connectivity index (χ3v) is 6.32. The molecule has 27 heavy (non-hydrogen) atoms. The van der Waals surface area contributed by atoms with Gasteiger partial charge in [0.2, 0.25) is 11.8 Å². The second-order valence-electron chi connectivity index (χ2n) is 7.44. The van der Waals surface area contributed by atoms with Crippen LogP contribution in [-0.2, 0) is 9.59 Å². The van der Waals surface area contributed by atoms with E-state index in [0.717, 1.165) is 4.88 Å².